The van der Waals surface area contributed by atoms with Crippen molar-refractivity contribution < 1.29 is 13.6 Å². The third-order valence-electron chi connectivity index (χ3n) is 6.70. The Balaban J connectivity index is 1.63. The first kappa shape index (κ1) is 22.7. The third-order valence-corrected chi connectivity index (χ3v) is 6.91. The number of anilines is 2. The summed E-state index contributed by atoms with van der Waals surface area (Å²) in [6.45, 7) is 1.74. The predicted molar refractivity (Wildman–Crippen MR) is 129 cm³/mol. The number of carbonyl (C=O) groups excluding carboxylic acids is 1. The highest BCUT2D eigenvalue weighted by Gasteiger charge is 2.29. The van der Waals surface area contributed by atoms with Crippen molar-refractivity contribution in [2.24, 2.45) is 7.05 Å². The van der Waals surface area contributed by atoms with Gasteiger partial charge >= 0.3 is 6.03 Å². The van der Waals surface area contributed by atoms with Crippen LogP contribution in [0.2, 0.25) is 5.02 Å². The van der Waals surface area contributed by atoms with Gasteiger partial charge < -0.3 is 15.1 Å². The molecule has 3 aromatic rings. The molecule has 0 saturated heterocycles. The van der Waals surface area contributed by atoms with Gasteiger partial charge in [-0.25, -0.2) is 13.6 Å². The zero-order chi connectivity index (χ0) is 24.0. The van der Waals surface area contributed by atoms with Crippen LogP contribution in [0.4, 0.5) is 25.0 Å². The number of hydrogen-bond acceptors (Lipinski definition) is 3. The Kier molecular flexibility index (Phi) is 5.93. The fraction of sp³-hybridized carbons (Fsp3) is 0.360. The summed E-state index contributed by atoms with van der Waals surface area (Å²) >= 11 is 6.49. The average molecular weight is 486 g/mol. The van der Waals surface area contributed by atoms with Crippen LogP contribution in [-0.2, 0) is 26.4 Å². The molecule has 2 amide bonds. The molecule has 178 valence electrons. The van der Waals surface area contributed by atoms with Gasteiger partial charge in [-0.2, -0.15) is 5.10 Å². The van der Waals surface area contributed by atoms with Crippen molar-refractivity contribution in [3.05, 3.63) is 63.9 Å². The Morgan fingerprint density at radius 2 is 1.94 bits per heavy atom. The molecule has 1 aromatic heterocycles. The van der Waals surface area contributed by atoms with Gasteiger partial charge in [-0.3, -0.25) is 4.68 Å². The maximum Gasteiger partial charge on any atom is 0.317 e. The zero-order valence-corrected chi connectivity index (χ0v) is 19.9. The van der Waals surface area contributed by atoms with Crippen molar-refractivity contribution in [3.8, 4) is 11.1 Å². The van der Waals surface area contributed by atoms with Crippen LogP contribution in [0.3, 0.4) is 0 Å². The third kappa shape index (κ3) is 4.00. The SMILES string of the molecule is CNC(=O)N1CCc2cc(Cl)cc(N3CCCc4cc(-c5cnn(C)c5)c(C(F)F)cc43)c2C1. The largest absolute Gasteiger partial charge is 0.341 e. The second-order valence-corrected chi connectivity index (χ2v) is 9.25. The second kappa shape index (κ2) is 8.91. The molecule has 6 nitrogen and oxygen atoms in total. The van der Waals surface area contributed by atoms with E-state index < -0.39 is 6.43 Å². The van der Waals surface area contributed by atoms with Crippen LogP contribution in [0, 0.1) is 0 Å². The van der Waals surface area contributed by atoms with Gasteiger partial charge in [0.15, 0.2) is 0 Å². The van der Waals surface area contributed by atoms with Crippen LogP contribution in [-0.4, -0.2) is 40.8 Å². The molecule has 0 unspecified atom stereocenters. The summed E-state index contributed by atoms with van der Waals surface area (Å²) in [4.78, 5) is 16.2. The number of halogens is 3. The summed E-state index contributed by atoms with van der Waals surface area (Å²) in [6, 6.07) is 7.21. The van der Waals surface area contributed by atoms with Gasteiger partial charge in [0, 0.05) is 67.5 Å². The number of nitrogens with one attached hydrogen (secondary N) is 1. The Morgan fingerprint density at radius 3 is 2.65 bits per heavy atom. The number of aromatic nitrogens is 2. The maximum atomic E-state index is 14.2. The molecular formula is C25H26ClF2N5O. The summed E-state index contributed by atoms with van der Waals surface area (Å²) in [5, 5.41) is 7.46. The van der Waals surface area contributed by atoms with E-state index in [1.54, 1.807) is 42.1 Å². The van der Waals surface area contributed by atoms with Crippen molar-refractivity contribution in [1.29, 1.82) is 0 Å². The summed E-state index contributed by atoms with van der Waals surface area (Å²) in [7, 11) is 3.39. The van der Waals surface area contributed by atoms with E-state index in [0.29, 0.717) is 42.2 Å². The first-order chi connectivity index (χ1) is 16.4. The van der Waals surface area contributed by atoms with Crippen molar-refractivity contribution >= 4 is 29.0 Å². The number of amides is 2. The summed E-state index contributed by atoms with van der Waals surface area (Å²) in [5.74, 6) is 0. The normalized spacial score (nSPS) is 15.4. The van der Waals surface area contributed by atoms with E-state index in [2.05, 4.69) is 15.3 Å². The molecule has 2 aliphatic rings. The van der Waals surface area contributed by atoms with Gasteiger partial charge in [-0.1, -0.05) is 11.6 Å². The van der Waals surface area contributed by atoms with Crippen molar-refractivity contribution in [2.45, 2.75) is 32.2 Å². The van der Waals surface area contributed by atoms with Gasteiger partial charge in [-0.15, -0.1) is 0 Å². The molecule has 0 spiro atoms. The van der Waals surface area contributed by atoms with Crippen LogP contribution in [0.5, 0.6) is 0 Å². The summed E-state index contributed by atoms with van der Waals surface area (Å²) in [6.07, 6.45) is 3.13. The first-order valence-electron chi connectivity index (χ1n) is 11.3. The molecule has 3 heterocycles. The second-order valence-electron chi connectivity index (χ2n) is 8.82. The lowest BCUT2D eigenvalue weighted by Gasteiger charge is -2.37. The predicted octanol–water partition coefficient (Wildman–Crippen LogP) is 5.46. The molecular weight excluding hydrogens is 460 g/mol. The Labute approximate surface area is 202 Å². The lowest BCUT2D eigenvalue weighted by Crippen LogP contribution is -2.42. The van der Waals surface area contributed by atoms with E-state index in [1.807, 2.05) is 18.2 Å². The van der Waals surface area contributed by atoms with Gasteiger partial charge in [0.25, 0.3) is 6.43 Å². The van der Waals surface area contributed by atoms with E-state index in [1.165, 1.54) is 0 Å². The van der Waals surface area contributed by atoms with Crippen molar-refractivity contribution in [3.63, 3.8) is 0 Å². The van der Waals surface area contributed by atoms with Crippen molar-refractivity contribution in [2.75, 3.05) is 25.0 Å². The fourth-order valence-corrected chi connectivity index (χ4v) is 5.31. The number of benzene rings is 2. The molecule has 9 heteroatoms. The minimum absolute atomic E-state index is 0.0125. The van der Waals surface area contributed by atoms with Crippen LogP contribution in [0.15, 0.2) is 36.7 Å². The average Bonchev–Trinajstić information content (AvgIpc) is 3.27. The number of aryl methyl sites for hydroxylation is 2. The number of carbonyl (C=O) groups is 1. The molecule has 0 aliphatic carbocycles. The molecule has 5 rings (SSSR count). The van der Waals surface area contributed by atoms with Crippen LogP contribution in [0.1, 0.15) is 35.1 Å². The molecule has 0 saturated carbocycles. The maximum absolute atomic E-state index is 14.2. The van der Waals surface area contributed by atoms with Crippen LogP contribution < -0.4 is 10.2 Å². The lowest BCUT2D eigenvalue weighted by molar-refractivity contribution is 0.152. The van der Waals surface area contributed by atoms with E-state index >= 15 is 0 Å². The van der Waals surface area contributed by atoms with Gasteiger partial charge in [0.05, 0.1) is 6.20 Å². The smallest absolute Gasteiger partial charge is 0.317 e. The highest BCUT2D eigenvalue weighted by atomic mass is 35.5. The lowest BCUT2D eigenvalue weighted by atomic mass is 9.91. The standard InChI is InChI=1S/C25H26ClF2N5O/c1-29-25(34)32-7-5-15-8-18(26)10-23(21(15)14-32)33-6-3-4-16-9-19(17-12-30-31(2)13-17)20(24(27)28)11-22(16)33/h8-13,24H,3-7,14H2,1-2H3,(H,29,34). The molecule has 1 N–H and O–H groups in total. The van der Waals surface area contributed by atoms with E-state index in [0.717, 1.165) is 40.9 Å². The topological polar surface area (TPSA) is 53.4 Å². The molecule has 0 fully saturated rings. The number of nitrogens with zero attached hydrogens (tertiary/aromatic N) is 4. The number of rotatable bonds is 3. The summed E-state index contributed by atoms with van der Waals surface area (Å²) < 4.78 is 30.1. The first-order valence-corrected chi connectivity index (χ1v) is 11.7. The Bertz CT molecular complexity index is 1260. The molecule has 0 radical (unpaired) electrons. The zero-order valence-electron chi connectivity index (χ0n) is 19.1. The molecule has 0 bridgehead atoms. The van der Waals surface area contributed by atoms with E-state index in [-0.39, 0.29) is 11.6 Å². The fourth-order valence-electron chi connectivity index (χ4n) is 5.07. The summed E-state index contributed by atoms with van der Waals surface area (Å²) in [5.41, 5.74) is 5.96. The van der Waals surface area contributed by atoms with Gasteiger partial charge in [-0.05, 0) is 65.8 Å². The van der Waals surface area contributed by atoms with Crippen molar-refractivity contribution in [1.82, 2.24) is 20.0 Å². The molecule has 34 heavy (non-hydrogen) atoms. The molecule has 0 atom stereocenters. The monoisotopic (exact) mass is 485 g/mol. The van der Waals surface area contributed by atoms with E-state index in [4.69, 9.17) is 11.6 Å². The number of fused-ring (bicyclic) bond motifs is 2. The quantitative estimate of drug-likeness (QED) is 0.536. The van der Waals surface area contributed by atoms with Gasteiger partial charge in [0.2, 0.25) is 0 Å². The number of hydrogen-bond donors (Lipinski definition) is 1. The van der Waals surface area contributed by atoms with Crippen LogP contribution in [0.25, 0.3) is 11.1 Å². The highest BCUT2D eigenvalue weighted by Crippen LogP contribution is 2.43. The Morgan fingerprint density at radius 1 is 1.12 bits per heavy atom. The van der Waals surface area contributed by atoms with Gasteiger partial charge in [0.1, 0.15) is 0 Å². The minimum atomic E-state index is -2.62. The van der Waals surface area contributed by atoms with E-state index in [9.17, 15) is 13.6 Å². The minimum Gasteiger partial charge on any atom is -0.341 e. The Hall–Kier alpha value is -3.13. The number of urea groups is 1. The van der Waals surface area contributed by atoms with Crippen LogP contribution >= 0.6 is 11.6 Å². The number of alkyl halides is 2. The molecule has 2 aromatic carbocycles. The molecule has 2 aliphatic heterocycles. The highest BCUT2D eigenvalue weighted by molar-refractivity contribution is 6.31.